The average molecular weight is 385 g/mol. The van der Waals surface area contributed by atoms with E-state index in [2.05, 4.69) is 29.9 Å². The number of carbonyl (C=O) groups excluding carboxylic acids is 1. The number of hydrogen-bond acceptors (Lipinski definition) is 5. The van der Waals surface area contributed by atoms with Gasteiger partial charge in [0.05, 0.1) is 18.1 Å². The van der Waals surface area contributed by atoms with E-state index in [0.29, 0.717) is 11.8 Å². The van der Waals surface area contributed by atoms with Crippen LogP contribution in [-0.2, 0) is 20.7 Å². The van der Waals surface area contributed by atoms with Crippen molar-refractivity contribution in [3.8, 4) is 0 Å². The molecule has 4 aliphatic rings. The first-order valence-corrected chi connectivity index (χ1v) is 10.9. The largest absolute Gasteiger partial charge is 0.462 e. The average Bonchev–Trinajstić information content (AvgIpc) is 3.38. The van der Waals surface area contributed by atoms with Crippen molar-refractivity contribution < 1.29 is 14.3 Å². The van der Waals surface area contributed by atoms with Gasteiger partial charge in [-0.15, -0.1) is 0 Å². The van der Waals surface area contributed by atoms with Crippen molar-refractivity contribution in [3.63, 3.8) is 0 Å². The van der Waals surface area contributed by atoms with E-state index in [4.69, 9.17) is 9.47 Å². The Bertz CT molecular complexity index is 735. The maximum atomic E-state index is 12.7. The highest BCUT2D eigenvalue weighted by Gasteiger charge is 2.65. The molecule has 5 rings (SSSR count). The quantitative estimate of drug-likeness (QED) is 0.577. The Morgan fingerprint density at radius 2 is 2.18 bits per heavy atom. The zero-order chi connectivity index (χ0) is 19.4. The van der Waals surface area contributed by atoms with Crippen molar-refractivity contribution in [1.29, 1.82) is 0 Å². The summed E-state index contributed by atoms with van der Waals surface area (Å²) in [7, 11) is 2.11. The fourth-order valence-electron chi connectivity index (χ4n) is 6.44. The van der Waals surface area contributed by atoms with Crippen LogP contribution in [0.1, 0.15) is 44.7 Å². The van der Waals surface area contributed by atoms with E-state index in [9.17, 15) is 4.79 Å². The van der Waals surface area contributed by atoms with E-state index < -0.39 is 0 Å². The van der Waals surface area contributed by atoms with Crippen LogP contribution in [0.25, 0.3) is 0 Å². The second-order valence-corrected chi connectivity index (χ2v) is 9.93. The minimum absolute atomic E-state index is 0.000934. The lowest BCUT2D eigenvalue weighted by molar-refractivity contribution is -0.147. The lowest BCUT2D eigenvalue weighted by Crippen LogP contribution is -2.51. The van der Waals surface area contributed by atoms with E-state index in [1.165, 1.54) is 19.3 Å². The Kier molecular flexibility index (Phi) is 4.51. The van der Waals surface area contributed by atoms with E-state index in [1.807, 2.05) is 18.3 Å². The number of carbonyl (C=O) groups is 1. The number of likely N-dealkylation sites (N-methyl/N-ethyl adjacent to an activating group) is 1. The highest BCUT2D eigenvalue weighted by molar-refractivity contribution is 5.75. The molecule has 0 unspecified atom stereocenters. The molecular weight excluding hydrogens is 352 g/mol. The highest BCUT2D eigenvalue weighted by Crippen LogP contribution is 2.62. The molecular formula is C23H32N2O3. The number of esters is 1. The molecule has 0 N–H and O–H groups in total. The molecule has 1 aromatic rings. The van der Waals surface area contributed by atoms with E-state index in [-0.39, 0.29) is 29.0 Å². The predicted octanol–water partition coefficient (Wildman–Crippen LogP) is 3.08. The number of epoxide rings is 1. The highest BCUT2D eigenvalue weighted by atomic mass is 16.6. The number of pyridine rings is 1. The maximum Gasteiger partial charge on any atom is 0.310 e. The molecule has 2 aliphatic heterocycles. The van der Waals surface area contributed by atoms with Crippen LogP contribution in [0.2, 0.25) is 0 Å². The Balaban J connectivity index is 1.25. The molecule has 5 heteroatoms. The topological polar surface area (TPSA) is 55.0 Å². The van der Waals surface area contributed by atoms with Crippen LogP contribution >= 0.6 is 0 Å². The Morgan fingerprint density at radius 1 is 1.32 bits per heavy atom. The zero-order valence-corrected chi connectivity index (χ0v) is 17.1. The van der Waals surface area contributed by atoms with Crippen LogP contribution in [0.15, 0.2) is 24.4 Å². The van der Waals surface area contributed by atoms with Crippen LogP contribution in [0.5, 0.6) is 0 Å². The SMILES string of the molecule is CN(CCc1ccccn1)C[C@@H]1C(=O)O[C@@H]2C[C@@]3(C)CCC[C@]4(CO4)[C@@H]3C[C@@H]12. The molecule has 2 aliphatic carbocycles. The summed E-state index contributed by atoms with van der Waals surface area (Å²) in [6.45, 7) is 5.03. The van der Waals surface area contributed by atoms with Crippen molar-refractivity contribution in [1.82, 2.24) is 9.88 Å². The van der Waals surface area contributed by atoms with Gasteiger partial charge in [-0.2, -0.15) is 0 Å². The molecule has 2 saturated carbocycles. The van der Waals surface area contributed by atoms with Crippen molar-refractivity contribution in [3.05, 3.63) is 30.1 Å². The summed E-state index contributed by atoms with van der Waals surface area (Å²) >= 11 is 0. The van der Waals surface area contributed by atoms with E-state index in [0.717, 1.165) is 44.7 Å². The molecule has 1 aromatic heterocycles. The van der Waals surface area contributed by atoms with Gasteiger partial charge in [0.15, 0.2) is 0 Å². The predicted molar refractivity (Wildman–Crippen MR) is 106 cm³/mol. The normalized spacial score (nSPS) is 41.6. The van der Waals surface area contributed by atoms with Crippen molar-refractivity contribution in [2.45, 2.75) is 57.2 Å². The van der Waals surface area contributed by atoms with Gasteiger partial charge in [0.1, 0.15) is 6.10 Å². The smallest absolute Gasteiger partial charge is 0.310 e. The summed E-state index contributed by atoms with van der Waals surface area (Å²) in [4.78, 5) is 19.4. The molecule has 0 aromatic carbocycles. The van der Waals surface area contributed by atoms with E-state index in [1.54, 1.807) is 0 Å². The number of fused-ring (bicyclic) bond motifs is 3. The van der Waals surface area contributed by atoms with Crippen molar-refractivity contribution >= 4 is 5.97 Å². The molecule has 4 fully saturated rings. The van der Waals surface area contributed by atoms with Gasteiger partial charge < -0.3 is 14.4 Å². The Labute approximate surface area is 167 Å². The minimum atomic E-state index is 0.000934. The fraction of sp³-hybridized carbons (Fsp3) is 0.739. The lowest BCUT2D eigenvalue weighted by atomic mass is 9.53. The minimum Gasteiger partial charge on any atom is -0.462 e. The Morgan fingerprint density at radius 3 is 2.93 bits per heavy atom. The van der Waals surface area contributed by atoms with Gasteiger partial charge in [0, 0.05) is 37.3 Å². The summed E-state index contributed by atoms with van der Waals surface area (Å²) in [6, 6.07) is 6.04. The van der Waals surface area contributed by atoms with Crippen LogP contribution in [-0.4, -0.2) is 54.3 Å². The van der Waals surface area contributed by atoms with E-state index >= 15 is 0 Å². The molecule has 3 heterocycles. The standard InChI is InChI=1S/C23H32N2O3/c1-22-8-5-9-23(15-27-23)20(22)12-17-18(21(26)28-19(17)13-22)14-25(2)11-7-16-6-3-4-10-24-16/h3-4,6,10,17-20H,5,7-9,11-15H2,1-2H3/t17-,18-,19+,20+,22+,23-/m0/s1. The van der Waals surface area contributed by atoms with Crippen LogP contribution in [0.3, 0.4) is 0 Å². The first-order chi connectivity index (χ1) is 13.5. The molecule has 0 radical (unpaired) electrons. The molecule has 152 valence electrons. The summed E-state index contributed by atoms with van der Waals surface area (Å²) in [5.41, 5.74) is 1.50. The van der Waals surface area contributed by atoms with Crippen LogP contribution < -0.4 is 0 Å². The van der Waals surface area contributed by atoms with Gasteiger partial charge in [-0.3, -0.25) is 9.78 Å². The monoisotopic (exact) mass is 384 g/mol. The van der Waals surface area contributed by atoms with Gasteiger partial charge >= 0.3 is 5.97 Å². The molecule has 0 bridgehead atoms. The number of nitrogens with zero attached hydrogens (tertiary/aromatic N) is 2. The lowest BCUT2D eigenvalue weighted by Gasteiger charge is -2.51. The molecule has 1 spiro atoms. The van der Waals surface area contributed by atoms with Crippen molar-refractivity contribution in [2.75, 3.05) is 26.7 Å². The molecule has 5 nitrogen and oxygen atoms in total. The summed E-state index contributed by atoms with van der Waals surface area (Å²) in [5, 5.41) is 0. The molecule has 6 atom stereocenters. The second kappa shape index (κ2) is 6.81. The van der Waals surface area contributed by atoms with Gasteiger partial charge in [-0.05, 0) is 62.6 Å². The number of hydrogen-bond donors (Lipinski definition) is 0. The first kappa shape index (κ1) is 18.6. The number of rotatable bonds is 5. The summed E-state index contributed by atoms with van der Waals surface area (Å²) < 4.78 is 11.9. The Hall–Kier alpha value is -1.46. The second-order valence-electron chi connectivity index (χ2n) is 9.93. The molecule has 28 heavy (non-hydrogen) atoms. The first-order valence-electron chi connectivity index (χ1n) is 10.9. The number of ether oxygens (including phenoxy) is 2. The van der Waals surface area contributed by atoms with Crippen molar-refractivity contribution in [2.24, 2.45) is 23.2 Å². The van der Waals surface area contributed by atoms with Crippen LogP contribution in [0.4, 0.5) is 0 Å². The van der Waals surface area contributed by atoms with Gasteiger partial charge in [0.25, 0.3) is 0 Å². The maximum absolute atomic E-state index is 12.7. The fourth-order valence-corrected chi connectivity index (χ4v) is 6.44. The third kappa shape index (κ3) is 3.17. The molecule has 0 amide bonds. The third-order valence-electron chi connectivity index (χ3n) is 8.06. The van der Waals surface area contributed by atoms with Gasteiger partial charge in [0.2, 0.25) is 0 Å². The number of aromatic nitrogens is 1. The third-order valence-corrected chi connectivity index (χ3v) is 8.06. The zero-order valence-electron chi connectivity index (χ0n) is 17.1. The summed E-state index contributed by atoms with van der Waals surface area (Å²) in [5.74, 6) is 0.960. The summed E-state index contributed by atoms with van der Waals surface area (Å²) in [6.07, 6.45) is 8.67. The van der Waals surface area contributed by atoms with Gasteiger partial charge in [-0.25, -0.2) is 0 Å². The van der Waals surface area contributed by atoms with Gasteiger partial charge in [-0.1, -0.05) is 13.0 Å². The van der Waals surface area contributed by atoms with Crippen LogP contribution in [0, 0.1) is 23.2 Å². The molecule has 2 saturated heterocycles.